The third kappa shape index (κ3) is 5.31. The number of carbonyl (C=O) groups is 3. The molecule has 0 saturated heterocycles. The fourth-order valence-corrected chi connectivity index (χ4v) is 6.47. The summed E-state index contributed by atoms with van der Waals surface area (Å²) in [4.78, 5) is 49.4. The number of thiazole rings is 1. The number of rotatable bonds is 8. The molecule has 1 aliphatic carbocycles. The van der Waals surface area contributed by atoms with E-state index in [0.29, 0.717) is 40.4 Å². The minimum absolute atomic E-state index is 0.00644. The Hall–Kier alpha value is -3.30. The summed E-state index contributed by atoms with van der Waals surface area (Å²) >= 11 is 7.69. The van der Waals surface area contributed by atoms with Crippen molar-refractivity contribution in [1.29, 1.82) is 0 Å². The maximum Gasteiger partial charge on any atom is 0.304 e. The Kier molecular flexibility index (Phi) is 7.49. The molecule has 3 aromatic rings. The molecule has 3 heterocycles. The molecule has 10 heteroatoms. The van der Waals surface area contributed by atoms with E-state index >= 15 is 0 Å². The lowest BCUT2D eigenvalue weighted by Crippen LogP contribution is -2.35. The summed E-state index contributed by atoms with van der Waals surface area (Å²) < 4.78 is 0. The van der Waals surface area contributed by atoms with Gasteiger partial charge in [0.1, 0.15) is 5.82 Å². The molecule has 198 valence electrons. The van der Waals surface area contributed by atoms with Gasteiger partial charge in [0.2, 0.25) is 11.8 Å². The highest BCUT2D eigenvalue weighted by Crippen LogP contribution is 2.39. The average Bonchev–Trinajstić information content (AvgIpc) is 3.64. The van der Waals surface area contributed by atoms with Crippen LogP contribution in [0.25, 0.3) is 22.4 Å². The van der Waals surface area contributed by atoms with Gasteiger partial charge in [0.25, 0.3) is 0 Å². The third-order valence-electron chi connectivity index (χ3n) is 7.52. The molecule has 1 aliphatic heterocycles. The van der Waals surface area contributed by atoms with E-state index in [4.69, 9.17) is 16.6 Å². The highest BCUT2D eigenvalue weighted by molar-refractivity contribution is 7.14. The van der Waals surface area contributed by atoms with E-state index in [0.717, 1.165) is 47.9 Å². The van der Waals surface area contributed by atoms with Gasteiger partial charge in [-0.2, -0.15) is 0 Å². The molecule has 1 aromatic carbocycles. The zero-order valence-electron chi connectivity index (χ0n) is 21.3. The van der Waals surface area contributed by atoms with Gasteiger partial charge in [-0.25, -0.2) is 9.97 Å². The van der Waals surface area contributed by atoms with Crippen molar-refractivity contribution in [2.75, 3.05) is 23.9 Å². The van der Waals surface area contributed by atoms with Crippen LogP contribution in [0.3, 0.4) is 0 Å². The van der Waals surface area contributed by atoms with Crippen LogP contribution in [0.15, 0.2) is 35.8 Å². The van der Waals surface area contributed by atoms with E-state index in [9.17, 15) is 19.5 Å². The highest BCUT2D eigenvalue weighted by atomic mass is 35.5. The van der Waals surface area contributed by atoms with Crippen LogP contribution in [0.1, 0.15) is 44.1 Å². The van der Waals surface area contributed by atoms with Gasteiger partial charge < -0.3 is 5.11 Å². The van der Waals surface area contributed by atoms with Crippen LogP contribution in [0.4, 0.5) is 10.9 Å². The molecule has 0 radical (unpaired) electrons. The van der Waals surface area contributed by atoms with Gasteiger partial charge in [0, 0.05) is 53.3 Å². The van der Waals surface area contributed by atoms with Gasteiger partial charge in [-0.05, 0) is 36.1 Å². The lowest BCUT2D eigenvalue weighted by atomic mass is 9.90. The Morgan fingerprint density at radius 2 is 2.00 bits per heavy atom. The van der Waals surface area contributed by atoms with Crippen molar-refractivity contribution in [1.82, 2.24) is 9.97 Å². The van der Waals surface area contributed by atoms with E-state index in [1.54, 1.807) is 31.3 Å². The van der Waals surface area contributed by atoms with Crippen molar-refractivity contribution in [2.45, 2.75) is 44.9 Å². The van der Waals surface area contributed by atoms with Gasteiger partial charge in [-0.3, -0.25) is 24.2 Å². The molecule has 5 rings (SSSR count). The fourth-order valence-electron chi connectivity index (χ4n) is 5.50. The zero-order valence-corrected chi connectivity index (χ0v) is 22.9. The number of aliphatic carboxylic acids is 1. The van der Waals surface area contributed by atoms with Gasteiger partial charge in [0.05, 0.1) is 18.5 Å². The minimum Gasteiger partial charge on any atom is -0.481 e. The second kappa shape index (κ2) is 10.8. The maximum absolute atomic E-state index is 13.4. The van der Waals surface area contributed by atoms with Crippen LogP contribution < -0.4 is 9.80 Å². The molecule has 1 atom stereocenters. The summed E-state index contributed by atoms with van der Waals surface area (Å²) in [7, 11) is 3.38. The quantitative estimate of drug-likeness (QED) is 0.385. The lowest BCUT2D eigenvalue weighted by molar-refractivity contribution is -0.140. The Balaban J connectivity index is 1.42. The summed E-state index contributed by atoms with van der Waals surface area (Å²) in [6.07, 6.45) is 6.83. The number of aromatic nitrogens is 2. The Morgan fingerprint density at radius 3 is 2.74 bits per heavy atom. The first-order valence-electron chi connectivity index (χ1n) is 12.7. The summed E-state index contributed by atoms with van der Waals surface area (Å²) in [6.45, 7) is 0. The maximum atomic E-state index is 13.4. The van der Waals surface area contributed by atoms with Crippen molar-refractivity contribution in [3.63, 3.8) is 0 Å². The molecule has 2 aliphatic rings. The van der Waals surface area contributed by atoms with Crippen molar-refractivity contribution in [2.24, 2.45) is 11.8 Å². The molecule has 1 N–H and O–H groups in total. The first kappa shape index (κ1) is 26.3. The van der Waals surface area contributed by atoms with Crippen molar-refractivity contribution in [3.05, 3.63) is 46.4 Å². The molecule has 0 bridgehead atoms. The van der Waals surface area contributed by atoms with Crippen molar-refractivity contribution < 1.29 is 19.5 Å². The number of hydrogen-bond donors (Lipinski definition) is 1. The monoisotopic (exact) mass is 552 g/mol. The SMILES string of the molecule is CN(C(=O)[C@@H](CC(=O)O)CC1CCCC1)c1nc(-c2cc(Cl)ccc2-c2cnc3c(c2)CC(=O)N3C)cs1. The number of amides is 2. The van der Waals surface area contributed by atoms with Crippen LogP contribution in [0, 0.1) is 11.8 Å². The van der Waals surface area contributed by atoms with Crippen LogP contribution in [0.2, 0.25) is 5.02 Å². The number of fused-ring (bicyclic) bond motifs is 1. The van der Waals surface area contributed by atoms with E-state index in [1.165, 1.54) is 16.2 Å². The second-order valence-electron chi connectivity index (χ2n) is 10.1. The molecule has 0 spiro atoms. The minimum atomic E-state index is -0.964. The Morgan fingerprint density at radius 1 is 1.24 bits per heavy atom. The lowest BCUT2D eigenvalue weighted by Gasteiger charge is -2.23. The highest BCUT2D eigenvalue weighted by Gasteiger charge is 2.31. The van der Waals surface area contributed by atoms with Crippen LogP contribution >= 0.6 is 22.9 Å². The predicted molar refractivity (Wildman–Crippen MR) is 149 cm³/mol. The van der Waals surface area contributed by atoms with Crippen molar-refractivity contribution >= 4 is 51.7 Å². The zero-order chi connectivity index (χ0) is 27.0. The summed E-state index contributed by atoms with van der Waals surface area (Å²) in [6, 6.07) is 7.50. The molecule has 38 heavy (non-hydrogen) atoms. The topological polar surface area (TPSA) is 104 Å². The number of nitrogens with zero attached hydrogens (tertiary/aromatic N) is 4. The summed E-state index contributed by atoms with van der Waals surface area (Å²) in [5.74, 6) is -0.690. The molecule has 0 unspecified atom stereocenters. The van der Waals surface area contributed by atoms with Crippen molar-refractivity contribution in [3.8, 4) is 22.4 Å². The summed E-state index contributed by atoms with van der Waals surface area (Å²) in [5.41, 5.74) is 4.01. The number of carbonyl (C=O) groups excluding carboxylic acids is 2. The van der Waals surface area contributed by atoms with E-state index in [2.05, 4.69) is 4.98 Å². The normalized spacial score (nSPS) is 16.1. The molecular weight excluding hydrogens is 524 g/mol. The second-order valence-corrected chi connectivity index (χ2v) is 11.4. The largest absolute Gasteiger partial charge is 0.481 e. The third-order valence-corrected chi connectivity index (χ3v) is 8.67. The molecule has 2 aromatic heterocycles. The van der Waals surface area contributed by atoms with E-state index in [-0.39, 0.29) is 18.2 Å². The molecule has 1 saturated carbocycles. The fraction of sp³-hybridized carbons (Fsp3) is 0.393. The number of hydrogen-bond acceptors (Lipinski definition) is 6. The molecule has 1 fully saturated rings. The first-order valence-corrected chi connectivity index (χ1v) is 14.0. The number of benzene rings is 1. The number of carboxylic acid groups (broad SMARTS) is 1. The molecule has 8 nitrogen and oxygen atoms in total. The van der Waals surface area contributed by atoms with Crippen LogP contribution in [0.5, 0.6) is 0 Å². The first-order chi connectivity index (χ1) is 18.2. The summed E-state index contributed by atoms with van der Waals surface area (Å²) in [5, 5.41) is 12.4. The van der Waals surface area contributed by atoms with Crippen LogP contribution in [-0.2, 0) is 20.8 Å². The Bertz CT molecular complexity index is 1400. The smallest absolute Gasteiger partial charge is 0.304 e. The Labute approximate surface area is 230 Å². The number of pyridine rings is 1. The predicted octanol–water partition coefficient (Wildman–Crippen LogP) is 5.68. The molecular formula is C28H29ClN4O4S. The van der Waals surface area contributed by atoms with E-state index < -0.39 is 11.9 Å². The number of halogens is 1. The number of carboxylic acids is 1. The average molecular weight is 553 g/mol. The molecule has 2 amide bonds. The van der Waals surface area contributed by atoms with E-state index in [1.807, 2.05) is 23.6 Å². The van der Waals surface area contributed by atoms with Gasteiger partial charge in [-0.1, -0.05) is 43.4 Å². The van der Waals surface area contributed by atoms with Gasteiger partial charge in [-0.15, -0.1) is 11.3 Å². The van der Waals surface area contributed by atoms with Gasteiger partial charge >= 0.3 is 5.97 Å². The number of anilines is 2. The van der Waals surface area contributed by atoms with Crippen LogP contribution in [-0.4, -0.2) is 47.0 Å². The standard InChI is InChI=1S/C28H29ClN4O4S/c1-32-24(34)11-17-10-19(14-30-26(17)32)21-8-7-20(29)13-22(21)23-15-38-28(31-23)33(2)27(37)18(12-25(35)36)9-16-5-3-4-6-16/h7-8,10,13-16,18H,3-6,9,11-12H2,1-2H3,(H,35,36)/t18-/m1/s1. The van der Waals surface area contributed by atoms with Gasteiger partial charge in [0.15, 0.2) is 5.13 Å². The number of likely N-dealkylation sites (N-methyl/N-ethyl adjacent to an activating group) is 1.